The van der Waals surface area contributed by atoms with Gasteiger partial charge in [-0.15, -0.1) is 0 Å². The zero-order chi connectivity index (χ0) is 18.6. The molecular formula is C23H34N2O2. The molecule has 1 aliphatic carbocycles. The van der Waals surface area contributed by atoms with Crippen LogP contribution in [0, 0.1) is 11.8 Å². The molecule has 2 fully saturated rings. The van der Waals surface area contributed by atoms with Crippen LogP contribution in [-0.2, 0) is 17.8 Å². The van der Waals surface area contributed by atoms with E-state index in [9.17, 15) is 4.79 Å². The lowest BCUT2D eigenvalue weighted by molar-refractivity contribution is -0.127. The third kappa shape index (κ3) is 4.48. The van der Waals surface area contributed by atoms with Gasteiger partial charge in [0.15, 0.2) is 0 Å². The number of benzene rings is 1. The maximum absolute atomic E-state index is 12.7. The summed E-state index contributed by atoms with van der Waals surface area (Å²) in [6.45, 7) is 6.25. The molecule has 4 rings (SSSR count). The van der Waals surface area contributed by atoms with Crippen molar-refractivity contribution < 1.29 is 9.53 Å². The van der Waals surface area contributed by atoms with Crippen LogP contribution in [0.25, 0.3) is 0 Å². The predicted octanol–water partition coefficient (Wildman–Crippen LogP) is 3.92. The summed E-state index contributed by atoms with van der Waals surface area (Å²) in [5.74, 6) is 2.21. The minimum Gasteiger partial charge on any atom is -0.493 e. The van der Waals surface area contributed by atoms with Gasteiger partial charge in [0.05, 0.1) is 6.61 Å². The second-order valence-corrected chi connectivity index (χ2v) is 8.68. The van der Waals surface area contributed by atoms with E-state index < -0.39 is 0 Å². The molecule has 1 N–H and O–H groups in total. The largest absolute Gasteiger partial charge is 0.493 e. The molecule has 0 spiro atoms. The molecule has 2 heterocycles. The van der Waals surface area contributed by atoms with E-state index in [2.05, 4.69) is 35.3 Å². The zero-order valence-corrected chi connectivity index (χ0v) is 16.7. The summed E-state index contributed by atoms with van der Waals surface area (Å²) < 4.78 is 5.63. The fraction of sp³-hybridized carbons (Fsp3) is 0.696. The van der Waals surface area contributed by atoms with Gasteiger partial charge in [-0.25, -0.2) is 0 Å². The maximum atomic E-state index is 12.7. The average Bonchev–Trinajstić information content (AvgIpc) is 3.17. The van der Waals surface area contributed by atoms with Crippen LogP contribution in [0.15, 0.2) is 18.2 Å². The molecule has 1 saturated heterocycles. The van der Waals surface area contributed by atoms with Gasteiger partial charge in [-0.05, 0) is 42.4 Å². The Morgan fingerprint density at radius 2 is 2.07 bits per heavy atom. The van der Waals surface area contributed by atoms with Crippen molar-refractivity contribution in [3.63, 3.8) is 0 Å². The summed E-state index contributed by atoms with van der Waals surface area (Å²) >= 11 is 0. The van der Waals surface area contributed by atoms with E-state index in [1.165, 1.54) is 30.4 Å². The highest BCUT2D eigenvalue weighted by atomic mass is 16.5. The fourth-order valence-electron chi connectivity index (χ4n) is 5.12. The first-order valence-corrected chi connectivity index (χ1v) is 11.0. The molecule has 4 heteroatoms. The van der Waals surface area contributed by atoms with E-state index in [1.54, 1.807) is 0 Å². The first kappa shape index (κ1) is 18.8. The fourth-order valence-corrected chi connectivity index (χ4v) is 5.12. The van der Waals surface area contributed by atoms with Crippen molar-refractivity contribution in [3.05, 3.63) is 29.3 Å². The van der Waals surface area contributed by atoms with Gasteiger partial charge in [0, 0.05) is 38.0 Å². The number of rotatable bonds is 5. The molecular weight excluding hydrogens is 336 g/mol. The molecule has 1 aromatic rings. The third-order valence-electron chi connectivity index (χ3n) is 6.81. The van der Waals surface area contributed by atoms with Gasteiger partial charge in [0.1, 0.15) is 5.75 Å². The number of piperidine rings is 1. The number of nitrogens with one attached hydrogen (secondary N) is 1. The first-order chi connectivity index (χ1) is 13.2. The van der Waals surface area contributed by atoms with Gasteiger partial charge in [-0.2, -0.15) is 0 Å². The monoisotopic (exact) mass is 370 g/mol. The number of hydrogen-bond donors (Lipinski definition) is 1. The Hall–Kier alpha value is -1.55. The molecule has 3 aliphatic rings. The highest BCUT2D eigenvalue weighted by Crippen LogP contribution is 2.29. The minimum absolute atomic E-state index is 0.267. The molecule has 1 amide bonds. The molecule has 0 bridgehead atoms. The lowest BCUT2D eigenvalue weighted by atomic mass is 9.86. The molecule has 2 aliphatic heterocycles. The Balaban J connectivity index is 1.32. The van der Waals surface area contributed by atoms with Gasteiger partial charge < -0.3 is 10.1 Å². The van der Waals surface area contributed by atoms with Crippen molar-refractivity contribution >= 4 is 5.91 Å². The smallest absolute Gasteiger partial charge is 0.223 e. The van der Waals surface area contributed by atoms with E-state index >= 15 is 0 Å². The summed E-state index contributed by atoms with van der Waals surface area (Å²) in [6.07, 6.45) is 9.16. The summed E-state index contributed by atoms with van der Waals surface area (Å²) in [7, 11) is 0. The number of carbonyl (C=O) groups is 1. The molecule has 0 unspecified atom stereocenters. The zero-order valence-electron chi connectivity index (χ0n) is 16.7. The Morgan fingerprint density at radius 3 is 2.89 bits per heavy atom. The van der Waals surface area contributed by atoms with Crippen LogP contribution >= 0.6 is 0 Å². The molecule has 1 saturated carbocycles. The summed E-state index contributed by atoms with van der Waals surface area (Å²) in [5, 5.41) is 3.43. The number of amides is 1. The van der Waals surface area contributed by atoms with Gasteiger partial charge >= 0.3 is 0 Å². The number of ether oxygens (including phenoxy) is 1. The molecule has 27 heavy (non-hydrogen) atoms. The molecule has 4 nitrogen and oxygen atoms in total. The van der Waals surface area contributed by atoms with E-state index in [-0.39, 0.29) is 5.92 Å². The highest BCUT2D eigenvalue weighted by molar-refractivity contribution is 5.79. The average molecular weight is 371 g/mol. The molecule has 0 radical (unpaired) electrons. The van der Waals surface area contributed by atoms with Crippen molar-refractivity contribution in [1.29, 1.82) is 0 Å². The van der Waals surface area contributed by atoms with Crippen molar-refractivity contribution in [3.8, 4) is 5.75 Å². The summed E-state index contributed by atoms with van der Waals surface area (Å²) in [5.41, 5.74) is 2.74. The van der Waals surface area contributed by atoms with Crippen LogP contribution in [0.5, 0.6) is 5.75 Å². The Morgan fingerprint density at radius 1 is 1.22 bits per heavy atom. The van der Waals surface area contributed by atoms with Crippen LogP contribution in [0.4, 0.5) is 0 Å². The Labute approximate surface area is 163 Å². The standard InChI is InChI=1S/C23H34N2O2/c1-2-18-16-25(15-17-8-9-22-20(14-17)11-13-27-22)12-10-21(18)24-23(26)19-6-4-3-5-7-19/h8-9,14,18-19,21H,2-7,10-13,15-16H2,1H3,(H,24,26)/t18-,21+/m1/s1. The van der Waals surface area contributed by atoms with Crippen LogP contribution in [0.1, 0.15) is 63.0 Å². The van der Waals surface area contributed by atoms with E-state index in [4.69, 9.17) is 4.74 Å². The third-order valence-corrected chi connectivity index (χ3v) is 6.81. The number of fused-ring (bicyclic) bond motifs is 1. The van der Waals surface area contributed by atoms with E-state index in [0.29, 0.717) is 17.9 Å². The van der Waals surface area contributed by atoms with Crippen LogP contribution in [0.2, 0.25) is 0 Å². The van der Waals surface area contributed by atoms with Crippen LogP contribution in [-0.4, -0.2) is 36.5 Å². The maximum Gasteiger partial charge on any atom is 0.223 e. The van der Waals surface area contributed by atoms with Crippen LogP contribution < -0.4 is 10.1 Å². The van der Waals surface area contributed by atoms with Crippen LogP contribution in [0.3, 0.4) is 0 Å². The van der Waals surface area contributed by atoms with Crippen molar-refractivity contribution in [2.24, 2.45) is 11.8 Å². The molecule has 1 aromatic carbocycles. The topological polar surface area (TPSA) is 41.6 Å². The van der Waals surface area contributed by atoms with Crippen molar-refractivity contribution in [2.45, 2.75) is 70.9 Å². The quantitative estimate of drug-likeness (QED) is 0.854. The SMILES string of the molecule is CC[C@@H]1CN(Cc2ccc3c(c2)CCO3)CC[C@@H]1NC(=O)C1CCCCC1. The van der Waals surface area contributed by atoms with E-state index in [0.717, 1.165) is 64.1 Å². The lowest BCUT2D eigenvalue weighted by Crippen LogP contribution is -2.51. The Bertz CT molecular complexity index is 654. The van der Waals surface area contributed by atoms with Crippen molar-refractivity contribution in [2.75, 3.05) is 19.7 Å². The lowest BCUT2D eigenvalue weighted by Gasteiger charge is -2.39. The molecule has 148 valence electrons. The number of carbonyl (C=O) groups excluding carboxylic acids is 1. The highest BCUT2D eigenvalue weighted by Gasteiger charge is 2.31. The van der Waals surface area contributed by atoms with E-state index in [1.807, 2.05) is 0 Å². The predicted molar refractivity (Wildman–Crippen MR) is 108 cm³/mol. The van der Waals surface area contributed by atoms with Gasteiger partial charge in [-0.1, -0.05) is 44.7 Å². The second kappa shape index (κ2) is 8.64. The molecule has 2 atom stereocenters. The summed E-state index contributed by atoms with van der Waals surface area (Å²) in [4.78, 5) is 15.2. The number of hydrogen-bond acceptors (Lipinski definition) is 3. The normalized spacial score (nSPS) is 26.4. The Kier molecular flexibility index (Phi) is 6.01. The van der Waals surface area contributed by atoms with Crippen molar-refractivity contribution in [1.82, 2.24) is 10.2 Å². The second-order valence-electron chi connectivity index (χ2n) is 8.68. The number of nitrogens with zero attached hydrogens (tertiary/aromatic N) is 1. The van der Waals surface area contributed by atoms with Gasteiger partial charge in [-0.3, -0.25) is 9.69 Å². The molecule has 0 aromatic heterocycles. The van der Waals surface area contributed by atoms with Gasteiger partial charge in [0.2, 0.25) is 5.91 Å². The minimum atomic E-state index is 0.267. The summed E-state index contributed by atoms with van der Waals surface area (Å²) in [6, 6.07) is 7.02. The van der Waals surface area contributed by atoms with Gasteiger partial charge in [0.25, 0.3) is 0 Å². The first-order valence-electron chi connectivity index (χ1n) is 11.0. The number of likely N-dealkylation sites (tertiary alicyclic amines) is 1.